The average molecular weight is 387 g/mol. The predicted molar refractivity (Wildman–Crippen MR) is 106 cm³/mol. The molecule has 3 heterocycles. The number of para-hydroxylation sites is 2. The summed E-state index contributed by atoms with van der Waals surface area (Å²) in [6, 6.07) is 18.5. The van der Waals surface area contributed by atoms with Gasteiger partial charge in [-0.05, 0) is 43.3 Å². The number of aromatic nitrogens is 4. The van der Waals surface area contributed by atoms with Gasteiger partial charge in [0.15, 0.2) is 23.0 Å². The number of amides is 1. The summed E-state index contributed by atoms with van der Waals surface area (Å²) < 4.78 is 13.1. The number of ether oxygens (including phenoxy) is 2. The van der Waals surface area contributed by atoms with Gasteiger partial charge >= 0.3 is 0 Å². The third-order valence-corrected chi connectivity index (χ3v) is 4.65. The molecule has 29 heavy (non-hydrogen) atoms. The van der Waals surface area contributed by atoms with Gasteiger partial charge in [-0.2, -0.15) is 9.61 Å². The van der Waals surface area contributed by atoms with Crippen LogP contribution in [0.1, 0.15) is 5.82 Å². The lowest BCUT2D eigenvalue weighted by Crippen LogP contribution is -2.40. The Kier molecular flexibility index (Phi) is 4.09. The van der Waals surface area contributed by atoms with E-state index in [2.05, 4.69) is 20.6 Å². The molecule has 1 N–H and O–H groups in total. The second-order valence-electron chi connectivity index (χ2n) is 6.67. The third-order valence-electron chi connectivity index (χ3n) is 4.65. The van der Waals surface area contributed by atoms with Crippen molar-refractivity contribution in [2.45, 2.75) is 13.0 Å². The van der Waals surface area contributed by atoms with Crippen molar-refractivity contribution in [2.24, 2.45) is 0 Å². The summed E-state index contributed by atoms with van der Waals surface area (Å²) in [4.78, 5) is 12.7. The van der Waals surface area contributed by atoms with E-state index in [1.165, 1.54) is 0 Å². The van der Waals surface area contributed by atoms with E-state index in [1.54, 1.807) is 10.6 Å². The Morgan fingerprint density at radius 1 is 1.07 bits per heavy atom. The molecule has 8 heteroatoms. The highest BCUT2D eigenvalue weighted by atomic mass is 16.6. The van der Waals surface area contributed by atoms with Crippen LogP contribution in [0.2, 0.25) is 0 Å². The topological polar surface area (TPSA) is 90.6 Å². The third kappa shape index (κ3) is 3.25. The van der Waals surface area contributed by atoms with Crippen molar-refractivity contribution in [1.29, 1.82) is 0 Å². The summed E-state index contributed by atoms with van der Waals surface area (Å²) in [5, 5.41) is 15.5. The molecule has 4 aromatic rings. The molecular formula is C21H17N5O3. The molecule has 0 saturated heterocycles. The Bertz CT molecular complexity index is 1220. The van der Waals surface area contributed by atoms with Crippen molar-refractivity contribution in [1.82, 2.24) is 19.8 Å². The summed E-state index contributed by atoms with van der Waals surface area (Å²) in [6.07, 6.45) is -0.720. The van der Waals surface area contributed by atoms with Crippen LogP contribution >= 0.6 is 0 Å². The van der Waals surface area contributed by atoms with E-state index in [9.17, 15) is 4.79 Å². The lowest BCUT2D eigenvalue weighted by atomic mass is 10.1. The maximum atomic E-state index is 12.7. The van der Waals surface area contributed by atoms with Crippen molar-refractivity contribution in [3.63, 3.8) is 0 Å². The summed E-state index contributed by atoms with van der Waals surface area (Å²) in [6.45, 7) is 2.01. The van der Waals surface area contributed by atoms with Crippen molar-refractivity contribution in [3.05, 3.63) is 66.5 Å². The highest BCUT2D eigenvalue weighted by molar-refractivity contribution is 5.95. The quantitative estimate of drug-likeness (QED) is 0.581. The van der Waals surface area contributed by atoms with Crippen LogP contribution in [0.5, 0.6) is 11.5 Å². The Labute approximate surface area is 166 Å². The van der Waals surface area contributed by atoms with Gasteiger partial charge in [-0.3, -0.25) is 4.79 Å². The van der Waals surface area contributed by atoms with Gasteiger partial charge in [0.2, 0.25) is 6.10 Å². The van der Waals surface area contributed by atoms with Crippen molar-refractivity contribution in [3.8, 4) is 22.8 Å². The van der Waals surface area contributed by atoms with Gasteiger partial charge in [0.25, 0.3) is 5.91 Å². The number of carbonyl (C=O) groups excluding carboxylic acids is 1. The lowest BCUT2D eigenvalue weighted by molar-refractivity contribution is -0.125. The van der Waals surface area contributed by atoms with Gasteiger partial charge in [-0.1, -0.05) is 24.3 Å². The van der Waals surface area contributed by atoms with Crippen LogP contribution in [0.15, 0.2) is 60.7 Å². The average Bonchev–Trinajstić information content (AvgIpc) is 3.14. The lowest BCUT2D eigenvalue weighted by Gasteiger charge is -2.25. The first kappa shape index (κ1) is 17.2. The van der Waals surface area contributed by atoms with Crippen molar-refractivity contribution in [2.75, 3.05) is 11.9 Å². The molecule has 0 aliphatic carbocycles. The number of hydrogen-bond donors (Lipinski definition) is 1. The maximum absolute atomic E-state index is 12.7. The van der Waals surface area contributed by atoms with Crippen LogP contribution in [0, 0.1) is 6.92 Å². The van der Waals surface area contributed by atoms with Gasteiger partial charge in [-0.15, -0.1) is 10.2 Å². The number of nitrogens with zero attached hydrogens (tertiary/aromatic N) is 4. The standard InChI is InChI=1S/C21H17N5O3/c1-13-23-24-20-10-9-16(25-26(13)20)14-5-4-6-15(11-14)22-21(27)19-12-28-17-7-2-3-8-18(17)29-19/h2-11,19H,12H2,1H3,(H,22,27)/t19-/m1/s1. The minimum atomic E-state index is -0.720. The number of rotatable bonds is 3. The van der Waals surface area contributed by atoms with E-state index in [4.69, 9.17) is 9.47 Å². The Morgan fingerprint density at radius 3 is 2.83 bits per heavy atom. The molecule has 0 unspecified atom stereocenters. The molecule has 2 aromatic carbocycles. The van der Waals surface area contributed by atoms with Gasteiger partial charge in [0.05, 0.1) is 5.69 Å². The van der Waals surface area contributed by atoms with Crippen LogP contribution in [-0.4, -0.2) is 38.4 Å². The number of nitrogens with one attached hydrogen (secondary N) is 1. The van der Waals surface area contributed by atoms with Crippen LogP contribution in [0.3, 0.4) is 0 Å². The van der Waals surface area contributed by atoms with E-state index in [0.29, 0.717) is 28.7 Å². The summed E-state index contributed by atoms with van der Waals surface area (Å²) >= 11 is 0. The molecule has 0 radical (unpaired) electrons. The summed E-state index contributed by atoms with van der Waals surface area (Å²) in [5.74, 6) is 1.65. The van der Waals surface area contributed by atoms with Gasteiger partial charge < -0.3 is 14.8 Å². The fraction of sp³-hybridized carbons (Fsp3) is 0.143. The van der Waals surface area contributed by atoms with Gasteiger partial charge in [0.1, 0.15) is 6.61 Å². The first-order valence-corrected chi connectivity index (χ1v) is 9.16. The highest BCUT2D eigenvalue weighted by Gasteiger charge is 2.27. The number of carbonyl (C=O) groups is 1. The normalized spacial score (nSPS) is 15.3. The minimum Gasteiger partial charge on any atom is -0.485 e. The van der Waals surface area contributed by atoms with Crippen LogP contribution < -0.4 is 14.8 Å². The molecule has 1 aliphatic rings. The molecule has 2 aromatic heterocycles. The van der Waals surface area contributed by atoms with E-state index in [1.807, 2.05) is 61.5 Å². The maximum Gasteiger partial charge on any atom is 0.269 e. The molecule has 8 nitrogen and oxygen atoms in total. The summed E-state index contributed by atoms with van der Waals surface area (Å²) in [5.41, 5.74) is 2.95. The van der Waals surface area contributed by atoms with Crippen LogP contribution in [-0.2, 0) is 4.79 Å². The van der Waals surface area contributed by atoms with Gasteiger partial charge in [0, 0.05) is 11.3 Å². The number of hydrogen-bond acceptors (Lipinski definition) is 6. The van der Waals surface area contributed by atoms with Crippen LogP contribution in [0.4, 0.5) is 5.69 Å². The molecule has 5 rings (SSSR count). The molecule has 1 atom stereocenters. The van der Waals surface area contributed by atoms with E-state index < -0.39 is 6.10 Å². The predicted octanol–water partition coefficient (Wildman–Crippen LogP) is 2.88. The molecule has 144 valence electrons. The number of fused-ring (bicyclic) bond motifs is 2. The minimum absolute atomic E-state index is 0.160. The van der Waals surface area contributed by atoms with Gasteiger partial charge in [-0.25, -0.2) is 0 Å². The SMILES string of the molecule is Cc1nnc2ccc(-c3cccc(NC(=O)[C@H]4COc5ccccc5O4)c3)nn12. The summed E-state index contributed by atoms with van der Waals surface area (Å²) in [7, 11) is 0. The largest absolute Gasteiger partial charge is 0.485 e. The van der Waals surface area contributed by atoms with E-state index in [0.717, 1.165) is 11.3 Å². The van der Waals surface area contributed by atoms with Crippen LogP contribution in [0.25, 0.3) is 16.9 Å². The number of aryl methyl sites for hydroxylation is 1. The number of anilines is 1. The molecule has 0 bridgehead atoms. The van der Waals surface area contributed by atoms with E-state index in [-0.39, 0.29) is 12.5 Å². The fourth-order valence-corrected chi connectivity index (χ4v) is 3.18. The Morgan fingerprint density at radius 2 is 1.93 bits per heavy atom. The zero-order chi connectivity index (χ0) is 19.8. The Balaban J connectivity index is 1.36. The second-order valence-corrected chi connectivity index (χ2v) is 6.67. The van der Waals surface area contributed by atoms with Crippen molar-refractivity contribution < 1.29 is 14.3 Å². The first-order valence-electron chi connectivity index (χ1n) is 9.16. The Hall–Kier alpha value is -3.94. The molecule has 0 saturated carbocycles. The van der Waals surface area contributed by atoms with E-state index >= 15 is 0 Å². The fourth-order valence-electron chi connectivity index (χ4n) is 3.18. The second kappa shape index (κ2) is 6.90. The molecular weight excluding hydrogens is 370 g/mol. The molecule has 1 amide bonds. The molecule has 0 fully saturated rings. The smallest absolute Gasteiger partial charge is 0.269 e. The molecule has 1 aliphatic heterocycles. The highest BCUT2D eigenvalue weighted by Crippen LogP contribution is 2.31. The number of benzene rings is 2. The zero-order valence-electron chi connectivity index (χ0n) is 15.6. The first-order chi connectivity index (χ1) is 14.2. The monoisotopic (exact) mass is 387 g/mol. The zero-order valence-corrected chi connectivity index (χ0v) is 15.6. The molecule has 0 spiro atoms. The van der Waals surface area contributed by atoms with Crippen molar-refractivity contribution >= 4 is 17.2 Å².